The van der Waals surface area contributed by atoms with Crippen molar-refractivity contribution in [1.82, 2.24) is 9.88 Å². The van der Waals surface area contributed by atoms with Crippen molar-refractivity contribution in [2.24, 2.45) is 11.8 Å². The molecule has 0 spiro atoms. The summed E-state index contributed by atoms with van der Waals surface area (Å²) in [5.74, 6) is 0.718. The molecule has 4 heteroatoms. The maximum atomic E-state index is 13.1. The van der Waals surface area contributed by atoms with E-state index in [2.05, 4.69) is 11.9 Å². The Morgan fingerprint density at radius 2 is 2.17 bits per heavy atom. The van der Waals surface area contributed by atoms with E-state index in [1.54, 1.807) is 6.20 Å². The van der Waals surface area contributed by atoms with E-state index in [-0.39, 0.29) is 11.8 Å². The van der Waals surface area contributed by atoms with Crippen molar-refractivity contribution in [3.8, 4) is 0 Å². The van der Waals surface area contributed by atoms with Gasteiger partial charge in [0.05, 0.1) is 16.7 Å². The highest BCUT2D eigenvalue weighted by Crippen LogP contribution is 2.44. The number of rotatable bonds is 2. The fourth-order valence-electron chi connectivity index (χ4n) is 4.69. The topological polar surface area (TPSA) is 53.4 Å². The Balaban J connectivity index is 1.64. The summed E-state index contributed by atoms with van der Waals surface area (Å²) in [6.45, 7) is 3.50. The third-order valence-corrected chi connectivity index (χ3v) is 6.09. The number of aliphatic hydroxyl groups is 1. The van der Waals surface area contributed by atoms with Crippen LogP contribution in [0.3, 0.4) is 0 Å². The predicted octanol–water partition coefficient (Wildman–Crippen LogP) is 3.25. The van der Waals surface area contributed by atoms with Crippen molar-refractivity contribution >= 4 is 16.8 Å². The van der Waals surface area contributed by atoms with Crippen molar-refractivity contribution < 1.29 is 9.90 Å². The lowest BCUT2D eigenvalue weighted by Gasteiger charge is -2.40. The van der Waals surface area contributed by atoms with E-state index in [0.29, 0.717) is 12.5 Å². The molecule has 1 amide bonds. The van der Waals surface area contributed by atoms with Gasteiger partial charge in [0.2, 0.25) is 0 Å². The minimum Gasteiger partial charge on any atom is -0.390 e. The van der Waals surface area contributed by atoms with Crippen LogP contribution >= 0.6 is 0 Å². The Hall–Kier alpha value is -1.94. The summed E-state index contributed by atoms with van der Waals surface area (Å²) in [5, 5.41) is 11.9. The number of carbonyl (C=O) groups is 1. The quantitative estimate of drug-likeness (QED) is 0.922. The molecule has 2 aliphatic rings. The first-order chi connectivity index (χ1) is 11.6. The number of benzene rings is 1. The molecule has 4 nitrogen and oxygen atoms in total. The van der Waals surface area contributed by atoms with Crippen molar-refractivity contribution in [1.29, 1.82) is 0 Å². The minimum atomic E-state index is -0.599. The van der Waals surface area contributed by atoms with Gasteiger partial charge in [-0.25, -0.2) is 0 Å². The molecule has 2 heterocycles. The van der Waals surface area contributed by atoms with Crippen LogP contribution in [0.5, 0.6) is 0 Å². The molecule has 2 aromatic rings. The van der Waals surface area contributed by atoms with Gasteiger partial charge in [0.25, 0.3) is 5.91 Å². The van der Waals surface area contributed by atoms with Gasteiger partial charge in [-0.05, 0) is 37.3 Å². The number of pyridine rings is 1. The molecule has 1 aliphatic carbocycles. The lowest BCUT2D eigenvalue weighted by molar-refractivity contribution is -0.0609. The third-order valence-electron chi connectivity index (χ3n) is 6.09. The molecule has 24 heavy (non-hydrogen) atoms. The van der Waals surface area contributed by atoms with Crippen molar-refractivity contribution in [3.05, 3.63) is 42.1 Å². The van der Waals surface area contributed by atoms with Gasteiger partial charge in [-0.2, -0.15) is 0 Å². The van der Waals surface area contributed by atoms with E-state index >= 15 is 0 Å². The highest BCUT2D eigenvalue weighted by Gasteiger charge is 2.48. The van der Waals surface area contributed by atoms with E-state index < -0.39 is 5.60 Å². The average Bonchev–Trinajstić information content (AvgIpc) is 3.06. The Morgan fingerprint density at radius 1 is 1.33 bits per heavy atom. The van der Waals surface area contributed by atoms with E-state index in [1.165, 1.54) is 0 Å². The molecule has 1 aromatic carbocycles. The summed E-state index contributed by atoms with van der Waals surface area (Å²) in [4.78, 5) is 19.4. The number of aromatic nitrogens is 1. The molecule has 0 bridgehead atoms. The molecule has 1 N–H and O–H groups in total. The van der Waals surface area contributed by atoms with Gasteiger partial charge in [0, 0.05) is 30.6 Å². The molecule has 3 atom stereocenters. The second-order valence-corrected chi connectivity index (χ2v) is 7.30. The lowest BCUT2D eigenvalue weighted by atomic mass is 9.69. The van der Waals surface area contributed by atoms with Crippen LogP contribution in [-0.4, -0.2) is 39.6 Å². The zero-order chi connectivity index (χ0) is 16.7. The number of nitrogens with zero attached hydrogens (tertiary/aromatic N) is 2. The Bertz CT molecular complexity index is 770. The summed E-state index contributed by atoms with van der Waals surface area (Å²) in [5.41, 5.74) is 0.974. The Labute approximate surface area is 142 Å². The molecule has 1 aromatic heterocycles. The number of fused-ring (bicyclic) bond motifs is 2. The fraction of sp³-hybridized carbons (Fsp3) is 0.500. The Kier molecular flexibility index (Phi) is 3.80. The average molecular weight is 324 g/mol. The molecular formula is C20H24N2O2. The summed E-state index contributed by atoms with van der Waals surface area (Å²) in [6, 6.07) is 9.60. The van der Waals surface area contributed by atoms with Crippen LogP contribution in [0.2, 0.25) is 0 Å². The van der Waals surface area contributed by atoms with Crippen LogP contribution in [0.4, 0.5) is 0 Å². The van der Waals surface area contributed by atoms with E-state index in [0.717, 1.165) is 48.7 Å². The first-order valence-electron chi connectivity index (χ1n) is 8.98. The molecule has 0 radical (unpaired) electrons. The lowest BCUT2D eigenvalue weighted by Crippen LogP contribution is -2.44. The minimum absolute atomic E-state index is 0.0708. The second kappa shape index (κ2) is 5.85. The smallest absolute Gasteiger partial charge is 0.254 e. The Morgan fingerprint density at radius 3 is 3.00 bits per heavy atom. The number of likely N-dealkylation sites (tertiary alicyclic amines) is 1. The van der Waals surface area contributed by atoms with Crippen LogP contribution < -0.4 is 0 Å². The van der Waals surface area contributed by atoms with Crippen LogP contribution in [0.15, 0.2) is 36.5 Å². The molecule has 1 aliphatic heterocycles. The normalized spacial score (nSPS) is 29.7. The van der Waals surface area contributed by atoms with Crippen LogP contribution in [-0.2, 0) is 0 Å². The molecule has 0 unspecified atom stereocenters. The standard InChI is InChI=1S/C20H24N2O2/c1-2-20(24)10-5-6-14-12-22(13-17(14)20)19(23)16-9-11-21-18-8-4-3-7-15(16)18/h3-4,7-9,11,14,17,24H,2,5-6,10,12-13H2,1H3/t14-,17+,20-/m0/s1. The first-order valence-corrected chi connectivity index (χ1v) is 8.98. The zero-order valence-electron chi connectivity index (χ0n) is 14.1. The maximum Gasteiger partial charge on any atom is 0.254 e. The SMILES string of the molecule is CC[C@]1(O)CCC[C@H]2CN(C(=O)c3ccnc4ccccc34)C[C@H]21. The number of carbonyl (C=O) groups excluding carboxylic acids is 1. The third kappa shape index (κ3) is 2.40. The van der Waals surface area contributed by atoms with E-state index in [4.69, 9.17) is 0 Å². The van der Waals surface area contributed by atoms with Gasteiger partial charge < -0.3 is 10.0 Å². The van der Waals surface area contributed by atoms with Crippen molar-refractivity contribution in [3.63, 3.8) is 0 Å². The summed E-state index contributed by atoms with van der Waals surface area (Å²) >= 11 is 0. The van der Waals surface area contributed by atoms with Crippen LogP contribution in [0, 0.1) is 11.8 Å². The molecule has 2 fully saturated rings. The van der Waals surface area contributed by atoms with Crippen LogP contribution in [0.1, 0.15) is 43.0 Å². The maximum absolute atomic E-state index is 13.1. The van der Waals surface area contributed by atoms with Gasteiger partial charge in [0.1, 0.15) is 0 Å². The first kappa shape index (κ1) is 15.6. The second-order valence-electron chi connectivity index (χ2n) is 7.30. The molecule has 4 rings (SSSR count). The van der Waals surface area contributed by atoms with Gasteiger partial charge in [0.15, 0.2) is 0 Å². The van der Waals surface area contributed by atoms with Gasteiger partial charge >= 0.3 is 0 Å². The fourth-order valence-corrected chi connectivity index (χ4v) is 4.69. The van der Waals surface area contributed by atoms with Gasteiger partial charge in [-0.3, -0.25) is 9.78 Å². The highest BCUT2D eigenvalue weighted by atomic mass is 16.3. The van der Waals surface area contributed by atoms with Crippen LogP contribution in [0.25, 0.3) is 10.9 Å². The van der Waals surface area contributed by atoms with E-state index in [9.17, 15) is 9.90 Å². The van der Waals surface area contributed by atoms with Gasteiger partial charge in [-0.1, -0.05) is 31.5 Å². The zero-order valence-corrected chi connectivity index (χ0v) is 14.1. The molecule has 126 valence electrons. The summed E-state index contributed by atoms with van der Waals surface area (Å²) in [6.07, 6.45) is 5.53. The predicted molar refractivity (Wildman–Crippen MR) is 93.7 cm³/mol. The number of amides is 1. The molecule has 1 saturated heterocycles. The van der Waals surface area contributed by atoms with Gasteiger partial charge in [-0.15, -0.1) is 0 Å². The largest absolute Gasteiger partial charge is 0.390 e. The van der Waals surface area contributed by atoms with Crippen molar-refractivity contribution in [2.75, 3.05) is 13.1 Å². The number of para-hydroxylation sites is 1. The molecular weight excluding hydrogens is 300 g/mol. The number of hydrogen-bond acceptors (Lipinski definition) is 3. The highest BCUT2D eigenvalue weighted by molar-refractivity contribution is 6.06. The molecule has 1 saturated carbocycles. The number of hydrogen-bond donors (Lipinski definition) is 1. The summed E-state index contributed by atoms with van der Waals surface area (Å²) in [7, 11) is 0. The van der Waals surface area contributed by atoms with Crippen molar-refractivity contribution in [2.45, 2.75) is 38.2 Å². The summed E-state index contributed by atoms with van der Waals surface area (Å²) < 4.78 is 0. The van der Waals surface area contributed by atoms with E-state index in [1.807, 2.05) is 35.2 Å². The monoisotopic (exact) mass is 324 g/mol.